The SMILES string of the molecule is CC(C)(C)CCC1(c2ccc(C#N)cc2)OC=CO1. The molecule has 0 radical (unpaired) electrons. The molecule has 0 N–H and O–H groups in total. The first kappa shape index (κ1) is 13.5. The topological polar surface area (TPSA) is 42.2 Å². The maximum absolute atomic E-state index is 8.84. The predicted molar refractivity (Wildman–Crippen MR) is 72.8 cm³/mol. The molecule has 0 fully saturated rings. The van der Waals surface area contributed by atoms with Crippen molar-refractivity contribution in [2.75, 3.05) is 0 Å². The van der Waals surface area contributed by atoms with E-state index in [1.54, 1.807) is 24.7 Å². The highest BCUT2D eigenvalue weighted by Gasteiger charge is 2.38. The molecule has 1 heterocycles. The zero-order chi connectivity index (χ0) is 13.9. The normalized spacial score (nSPS) is 16.5. The van der Waals surface area contributed by atoms with Gasteiger partial charge in [0.1, 0.15) is 12.5 Å². The molecule has 0 spiro atoms. The van der Waals surface area contributed by atoms with Gasteiger partial charge in [-0.25, -0.2) is 0 Å². The van der Waals surface area contributed by atoms with Gasteiger partial charge in [0.2, 0.25) is 0 Å². The van der Waals surface area contributed by atoms with Gasteiger partial charge in [-0.05, 0) is 36.1 Å². The Labute approximate surface area is 114 Å². The van der Waals surface area contributed by atoms with Gasteiger partial charge in [-0.3, -0.25) is 0 Å². The Balaban J connectivity index is 2.21. The second-order valence-electron chi connectivity index (χ2n) is 6.01. The van der Waals surface area contributed by atoms with E-state index >= 15 is 0 Å². The second-order valence-corrected chi connectivity index (χ2v) is 6.01. The van der Waals surface area contributed by atoms with E-state index in [-0.39, 0.29) is 5.41 Å². The number of nitrogens with zero attached hydrogens (tertiary/aromatic N) is 1. The van der Waals surface area contributed by atoms with Crippen molar-refractivity contribution in [2.45, 2.75) is 39.4 Å². The lowest BCUT2D eigenvalue weighted by Gasteiger charge is -2.31. The average molecular weight is 257 g/mol. The summed E-state index contributed by atoms with van der Waals surface area (Å²) in [7, 11) is 0. The van der Waals surface area contributed by atoms with Crippen LogP contribution in [0.5, 0.6) is 0 Å². The Morgan fingerprint density at radius 1 is 1.11 bits per heavy atom. The summed E-state index contributed by atoms with van der Waals surface area (Å²) < 4.78 is 11.4. The highest BCUT2D eigenvalue weighted by Crippen LogP contribution is 2.39. The summed E-state index contributed by atoms with van der Waals surface area (Å²) in [6.07, 6.45) is 4.92. The molecule has 0 atom stereocenters. The minimum atomic E-state index is -0.735. The molecule has 2 rings (SSSR count). The van der Waals surface area contributed by atoms with Gasteiger partial charge in [0.15, 0.2) is 0 Å². The largest absolute Gasteiger partial charge is 0.453 e. The summed E-state index contributed by atoms with van der Waals surface area (Å²) >= 11 is 0. The first-order valence-corrected chi connectivity index (χ1v) is 6.47. The number of ether oxygens (including phenoxy) is 2. The van der Waals surface area contributed by atoms with E-state index in [4.69, 9.17) is 14.7 Å². The molecule has 0 unspecified atom stereocenters. The van der Waals surface area contributed by atoms with Gasteiger partial charge in [0.25, 0.3) is 5.79 Å². The third kappa shape index (κ3) is 3.08. The molecular weight excluding hydrogens is 238 g/mol. The molecule has 0 saturated carbocycles. The first-order chi connectivity index (χ1) is 8.95. The molecule has 0 bridgehead atoms. The molecule has 0 aliphatic carbocycles. The van der Waals surface area contributed by atoms with E-state index in [9.17, 15) is 0 Å². The van der Waals surface area contributed by atoms with Crippen LogP contribution in [-0.4, -0.2) is 0 Å². The highest BCUT2D eigenvalue weighted by molar-refractivity contribution is 5.33. The molecular formula is C16H19NO2. The summed E-state index contributed by atoms with van der Waals surface area (Å²) in [6, 6.07) is 9.49. The Hall–Kier alpha value is -1.95. The lowest BCUT2D eigenvalue weighted by molar-refractivity contribution is -0.159. The van der Waals surface area contributed by atoms with Gasteiger partial charge < -0.3 is 9.47 Å². The van der Waals surface area contributed by atoms with Gasteiger partial charge in [-0.2, -0.15) is 5.26 Å². The van der Waals surface area contributed by atoms with Crippen LogP contribution in [0.25, 0.3) is 0 Å². The van der Waals surface area contributed by atoms with Crippen molar-refractivity contribution in [3.63, 3.8) is 0 Å². The van der Waals surface area contributed by atoms with Crippen LogP contribution in [-0.2, 0) is 15.3 Å². The quantitative estimate of drug-likeness (QED) is 0.820. The summed E-state index contributed by atoms with van der Waals surface area (Å²) in [4.78, 5) is 0. The molecule has 1 aliphatic rings. The fourth-order valence-electron chi connectivity index (χ4n) is 2.04. The van der Waals surface area contributed by atoms with Crippen molar-refractivity contribution >= 4 is 0 Å². The van der Waals surface area contributed by atoms with Crippen LogP contribution in [0.1, 0.15) is 44.7 Å². The van der Waals surface area contributed by atoms with Gasteiger partial charge in [-0.1, -0.05) is 20.8 Å². The fraction of sp³-hybridized carbons (Fsp3) is 0.438. The third-order valence-corrected chi connectivity index (χ3v) is 3.23. The number of hydrogen-bond donors (Lipinski definition) is 0. The minimum Gasteiger partial charge on any atom is -0.453 e. The predicted octanol–water partition coefficient (Wildman–Crippen LogP) is 4.06. The van der Waals surface area contributed by atoms with Crippen molar-refractivity contribution in [1.82, 2.24) is 0 Å². The zero-order valence-electron chi connectivity index (χ0n) is 11.6. The highest BCUT2D eigenvalue weighted by atomic mass is 16.7. The smallest absolute Gasteiger partial charge is 0.276 e. The average Bonchev–Trinajstić information content (AvgIpc) is 2.86. The van der Waals surface area contributed by atoms with Gasteiger partial charge in [-0.15, -0.1) is 0 Å². The number of rotatable bonds is 3. The first-order valence-electron chi connectivity index (χ1n) is 6.47. The molecule has 0 amide bonds. The Morgan fingerprint density at radius 2 is 1.68 bits per heavy atom. The molecule has 1 aliphatic heterocycles. The lowest BCUT2D eigenvalue weighted by atomic mass is 9.86. The summed E-state index contributed by atoms with van der Waals surface area (Å²) in [5.74, 6) is -0.735. The maximum atomic E-state index is 8.84. The summed E-state index contributed by atoms with van der Waals surface area (Å²) in [6.45, 7) is 6.59. The van der Waals surface area contributed by atoms with Gasteiger partial charge in [0.05, 0.1) is 11.6 Å². The Bertz CT molecular complexity index is 495. The van der Waals surface area contributed by atoms with E-state index in [1.807, 2.05) is 12.1 Å². The van der Waals surface area contributed by atoms with Crippen LogP contribution in [0.4, 0.5) is 0 Å². The summed E-state index contributed by atoms with van der Waals surface area (Å²) in [5, 5.41) is 8.84. The standard InChI is InChI=1S/C16H19NO2/c1-15(2,3)8-9-16(18-10-11-19-16)14-6-4-13(12-17)5-7-14/h4-7,10-11H,8-9H2,1-3H3. The molecule has 100 valence electrons. The molecule has 0 saturated heterocycles. The second kappa shape index (κ2) is 4.97. The maximum Gasteiger partial charge on any atom is 0.276 e. The number of nitriles is 1. The van der Waals surface area contributed by atoms with Crippen LogP contribution in [0, 0.1) is 16.7 Å². The molecule has 1 aromatic rings. The van der Waals surface area contributed by atoms with Crippen molar-refractivity contribution in [2.24, 2.45) is 5.41 Å². The van der Waals surface area contributed by atoms with Crippen LogP contribution in [0.2, 0.25) is 0 Å². The monoisotopic (exact) mass is 257 g/mol. The third-order valence-electron chi connectivity index (χ3n) is 3.23. The molecule has 3 heteroatoms. The van der Waals surface area contributed by atoms with E-state index in [1.165, 1.54) is 0 Å². The zero-order valence-corrected chi connectivity index (χ0v) is 11.6. The van der Waals surface area contributed by atoms with Crippen LogP contribution in [0.15, 0.2) is 36.8 Å². The molecule has 19 heavy (non-hydrogen) atoms. The lowest BCUT2D eigenvalue weighted by Crippen LogP contribution is -2.28. The number of benzene rings is 1. The molecule has 1 aromatic carbocycles. The Morgan fingerprint density at radius 3 is 2.16 bits per heavy atom. The van der Waals surface area contributed by atoms with Gasteiger partial charge in [0, 0.05) is 12.0 Å². The fourth-order valence-corrected chi connectivity index (χ4v) is 2.04. The van der Waals surface area contributed by atoms with Gasteiger partial charge >= 0.3 is 0 Å². The van der Waals surface area contributed by atoms with Crippen molar-refractivity contribution in [1.29, 1.82) is 5.26 Å². The van der Waals surface area contributed by atoms with E-state index in [2.05, 4.69) is 26.8 Å². The van der Waals surface area contributed by atoms with Crippen molar-refractivity contribution in [3.8, 4) is 6.07 Å². The summed E-state index contributed by atoms with van der Waals surface area (Å²) in [5.41, 5.74) is 1.80. The van der Waals surface area contributed by atoms with Crippen molar-refractivity contribution < 1.29 is 9.47 Å². The van der Waals surface area contributed by atoms with Crippen LogP contribution in [0.3, 0.4) is 0 Å². The van der Waals surface area contributed by atoms with Crippen molar-refractivity contribution in [3.05, 3.63) is 47.9 Å². The van der Waals surface area contributed by atoms with Crippen LogP contribution < -0.4 is 0 Å². The Kier molecular flexibility index (Phi) is 3.53. The number of hydrogen-bond acceptors (Lipinski definition) is 3. The van der Waals surface area contributed by atoms with E-state index in [0.717, 1.165) is 18.4 Å². The minimum absolute atomic E-state index is 0.217. The molecule has 3 nitrogen and oxygen atoms in total. The van der Waals surface area contributed by atoms with E-state index in [0.29, 0.717) is 5.56 Å². The van der Waals surface area contributed by atoms with E-state index < -0.39 is 5.79 Å². The van der Waals surface area contributed by atoms with Crippen LogP contribution >= 0.6 is 0 Å². The molecule has 0 aromatic heterocycles.